The van der Waals surface area contributed by atoms with Gasteiger partial charge in [0.25, 0.3) is 0 Å². The van der Waals surface area contributed by atoms with E-state index in [4.69, 9.17) is 9.84 Å². The summed E-state index contributed by atoms with van der Waals surface area (Å²) in [6.07, 6.45) is 3.02. The van der Waals surface area contributed by atoms with Crippen LogP contribution in [0.5, 0.6) is 0 Å². The van der Waals surface area contributed by atoms with Gasteiger partial charge in [-0.15, -0.1) is 0 Å². The van der Waals surface area contributed by atoms with E-state index in [-0.39, 0.29) is 12.1 Å². The second kappa shape index (κ2) is 6.26. The number of rotatable bonds is 3. The van der Waals surface area contributed by atoms with Crippen molar-refractivity contribution in [1.82, 2.24) is 4.90 Å². The highest BCUT2D eigenvalue weighted by Gasteiger charge is 2.32. The molecule has 0 spiro atoms. The molecule has 5 nitrogen and oxygen atoms in total. The van der Waals surface area contributed by atoms with Crippen LogP contribution in [0.25, 0.3) is 0 Å². The van der Waals surface area contributed by atoms with Crippen LogP contribution in [0.15, 0.2) is 0 Å². The molecule has 1 rings (SSSR count). The summed E-state index contributed by atoms with van der Waals surface area (Å²) in [4.78, 5) is 24.8. The van der Waals surface area contributed by atoms with Gasteiger partial charge in [0.2, 0.25) is 0 Å². The molecule has 0 aromatic heterocycles. The van der Waals surface area contributed by atoms with Crippen LogP contribution in [0.2, 0.25) is 0 Å². The van der Waals surface area contributed by atoms with Gasteiger partial charge in [0.1, 0.15) is 5.60 Å². The molecule has 0 bridgehead atoms. The molecule has 2 atom stereocenters. The normalized spacial score (nSPS) is 21.9. The Morgan fingerprint density at radius 2 is 2.00 bits per heavy atom. The van der Waals surface area contributed by atoms with Crippen molar-refractivity contribution in [3.8, 4) is 0 Å². The zero-order chi connectivity index (χ0) is 14.6. The van der Waals surface area contributed by atoms with Crippen molar-refractivity contribution in [3.05, 3.63) is 0 Å². The quantitative estimate of drug-likeness (QED) is 0.857. The first-order chi connectivity index (χ1) is 8.70. The molecular weight excluding hydrogens is 246 g/mol. The van der Waals surface area contributed by atoms with E-state index in [2.05, 4.69) is 0 Å². The summed E-state index contributed by atoms with van der Waals surface area (Å²) in [6.45, 7) is 7.85. The van der Waals surface area contributed by atoms with Crippen LogP contribution in [0.4, 0.5) is 4.79 Å². The summed E-state index contributed by atoms with van der Waals surface area (Å²) in [5, 5.41) is 8.99. The summed E-state index contributed by atoms with van der Waals surface area (Å²) in [7, 11) is 0. The van der Waals surface area contributed by atoms with Gasteiger partial charge < -0.3 is 14.7 Å². The molecule has 110 valence electrons. The van der Waals surface area contributed by atoms with E-state index in [1.165, 1.54) is 0 Å². The van der Waals surface area contributed by atoms with Gasteiger partial charge in [0, 0.05) is 12.6 Å². The van der Waals surface area contributed by atoms with Gasteiger partial charge in [-0.25, -0.2) is 4.79 Å². The lowest BCUT2D eigenvalue weighted by Gasteiger charge is -2.37. The van der Waals surface area contributed by atoms with E-state index < -0.39 is 17.5 Å². The molecule has 5 heteroatoms. The predicted molar refractivity (Wildman–Crippen MR) is 72.0 cm³/mol. The molecule has 0 radical (unpaired) electrons. The predicted octanol–water partition coefficient (Wildman–Crippen LogP) is 2.89. The van der Waals surface area contributed by atoms with Crippen LogP contribution in [0, 0.1) is 5.92 Å². The van der Waals surface area contributed by atoms with Crippen molar-refractivity contribution in [1.29, 1.82) is 0 Å². The summed E-state index contributed by atoms with van der Waals surface area (Å²) < 4.78 is 5.39. The third kappa shape index (κ3) is 5.09. The monoisotopic (exact) mass is 271 g/mol. The van der Waals surface area contributed by atoms with Crippen molar-refractivity contribution >= 4 is 12.1 Å². The molecule has 1 amide bonds. The molecule has 0 aromatic carbocycles. The molecular formula is C14H25NO4. The van der Waals surface area contributed by atoms with E-state index in [1.807, 2.05) is 20.8 Å². The number of piperidine rings is 1. The molecule has 0 aromatic rings. The van der Waals surface area contributed by atoms with E-state index in [1.54, 1.807) is 11.8 Å². The van der Waals surface area contributed by atoms with Gasteiger partial charge >= 0.3 is 12.1 Å². The SMILES string of the molecule is CC(CC1CCCCN1C(=O)OC(C)(C)C)C(=O)O. The number of carbonyl (C=O) groups is 2. The summed E-state index contributed by atoms with van der Waals surface area (Å²) >= 11 is 0. The Kier molecular flexibility index (Phi) is 5.20. The Morgan fingerprint density at radius 3 is 2.53 bits per heavy atom. The second-order valence-electron chi connectivity index (χ2n) is 6.30. The molecule has 1 heterocycles. The molecule has 1 fully saturated rings. The standard InChI is InChI=1S/C14H25NO4/c1-10(12(16)17)9-11-7-5-6-8-15(11)13(18)19-14(2,3)4/h10-11H,5-9H2,1-4H3,(H,16,17). The molecule has 19 heavy (non-hydrogen) atoms. The summed E-state index contributed by atoms with van der Waals surface area (Å²) in [6, 6.07) is -0.0188. The first-order valence-electron chi connectivity index (χ1n) is 6.93. The fourth-order valence-corrected chi connectivity index (χ4v) is 2.32. The Hall–Kier alpha value is -1.26. The van der Waals surface area contributed by atoms with Crippen molar-refractivity contribution in [2.24, 2.45) is 5.92 Å². The van der Waals surface area contributed by atoms with Crippen LogP contribution >= 0.6 is 0 Å². The number of ether oxygens (including phenoxy) is 1. The van der Waals surface area contributed by atoms with Crippen LogP contribution in [-0.2, 0) is 9.53 Å². The van der Waals surface area contributed by atoms with Gasteiger partial charge in [0.05, 0.1) is 5.92 Å². The summed E-state index contributed by atoms with van der Waals surface area (Å²) in [5.74, 6) is -1.25. The van der Waals surface area contributed by atoms with E-state index >= 15 is 0 Å². The molecule has 0 aliphatic carbocycles. The van der Waals surface area contributed by atoms with Crippen LogP contribution in [0.3, 0.4) is 0 Å². The third-order valence-corrected chi connectivity index (χ3v) is 3.30. The lowest BCUT2D eigenvalue weighted by atomic mass is 9.93. The number of likely N-dealkylation sites (tertiary alicyclic amines) is 1. The average Bonchev–Trinajstić information content (AvgIpc) is 2.27. The number of carbonyl (C=O) groups excluding carboxylic acids is 1. The van der Waals surface area contributed by atoms with Crippen molar-refractivity contribution in [2.45, 2.75) is 65.0 Å². The summed E-state index contributed by atoms with van der Waals surface area (Å²) in [5.41, 5.74) is -0.516. The molecule has 1 aliphatic rings. The van der Waals surface area contributed by atoms with Gasteiger partial charge in [0.15, 0.2) is 0 Å². The zero-order valence-electron chi connectivity index (χ0n) is 12.3. The number of amides is 1. The zero-order valence-corrected chi connectivity index (χ0v) is 12.3. The first kappa shape index (κ1) is 15.8. The molecule has 0 saturated carbocycles. The van der Waals surface area contributed by atoms with Gasteiger partial charge in [-0.3, -0.25) is 4.79 Å². The maximum Gasteiger partial charge on any atom is 0.410 e. The van der Waals surface area contributed by atoms with Gasteiger partial charge in [-0.1, -0.05) is 6.92 Å². The fourth-order valence-electron chi connectivity index (χ4n) is 2.32. The lowest BCUT2D eigenvalue weighted by Crippen LogP contribution is -2.47. The third-order valence-electron chi connectivity index (χ3n) is 3.30. The number of hydrogen-bond acceptors (Lipinski definition) is 3. The number of carboxylic acid groups (broad SMARTS) is 1. The maximum absolute atomic E-state index is 12.1. The van der Waals surface area contributed by atoms with Crippen LogP contribution in [0.1, 0.15) is 53.4 Å². The minimum atomic E-state index is -0.810. The topological polar surface area (TPSA) is 66.8 Å². The Bertz CT molecular complexity index is 335. The van der Waals surface area contributed by atoms with Crippen LogP contribution < -0.4 is 0 Å². The number of nitrogens with zero attached hydrogens (tertiary/aromatic N) is 1. The van der Waals surface area contributed by atoms with E-state index in [0.29, 0.717) is 13.0 Å². The van der Waals surface area contributed by atoms with Crippen molar-refractivity contribution < 1.29 is 19.4 Å². The second-order valence-corrected chi connectivity index (χ2v) is 6.30. The molecule has 1 saturated heterocycles. The minimum Gasteiger partial charge on any atom is -0.481 e. The van der Waals surface area contributed by atoms with Gasteiger partial charge in [-0.05, 0) is 46.5 Å². The highest BCUT2D eigenvalue weighted by atomic mass is 16.6. The maximum atomic E-state index is 12.1. The largest absolute Gasteiger partial charge is 0.481 e. The first-order valence-corrected chi connectivity index (χ1v) is 6.93. The average molecular weight is 271 g/mol. The van der Waals surface area contributed by atoms with Gasteiger partial charge in [-0.2, -0.15) is 0 Å². The Labute approximate surface area is 114 Å². The smallest absolute Gasteiger partial charge is 0.410 e. The van der Waals surface area contributed by atoms with Crippen LogP contribution in [-0.4, -0.2) is 40.3 Å². The van der Waals surface area contributed by atoms with E-state index in [0.717, 1.165) is 19.3 Å². The molecule has 1 N–H and O–H groups in total. The lowest BCUT2D eigenvalue weighted by molar-refractivity contribution is -0.142. The number of hydrogen-bond donors (Lipinski definition) is 1. The molecule has 1 aliphatic heterocycles. The Morgan fingerprint density at radius 1 is 1.37 bits per heavy atom. The van der Waals surface area contributed by atoms with Crippen molar-refractivity contribution in [2.75, 3.05) is 6.54 Å². The highest BCUT2D eigenvalue weighted by Crippen LogP contribution is 2.25. The fraction of sp³-hybridized carbons (Fsp3) is 0.857. The molecule has 2 unspecified atom stereocenters. The van der Waals surface area contributed by atoms with Crippen molar-refractivity contribution in [3.63, 3.8) is 0 Å². The van der Waals surface area contributed by atoms with E-state index in [9.17, 15) is 9.59 Å². The minimum absolute atomic E-state index is 0.0188. The number of carboxylic acids is 1. The Balaban J connectivity index is 2.67. The highest BCUT2D eigenvalue weighted by molar-refractivity contribution is 5.70. The number of aliphatic carboxylic acids is 1.